The largest absolute Gasteiger partial charge is 0.508 e. The lowest BCUT2D eigenvalue weighted by atomic mass is 10.1. The molecule has 0 bridgehead atoms. The summed E-state index contributed by atoms with van der Waals surface area (Å²) in [6.45, 7) is 0.483. The van der Waals surface area contributed by atoms with E-state index in [1.54, 1.807) is 12.1 Å². The van der Waals surface area contributed by atoms with Crippen LogP contribution < -0.4 is 5.32 Å². The van der Waals surface area contributed by atoms with Gasteiger partial charge in [-0.25, -0.2) is 0 Å². The van der Waals surface area contributed by atoms with Crippen molar-refractivity contribution < 1.29 is 23.1 Å². The summed E-state index contributed by atoms with van der Waals surface area (Å²) in [7, 11) is 0. The van der Waals surface area contributed by atoms with Gasteiger partial charge in [0.2, 0.25) is 5.91 Å². The molecule has 0 fully saturated rings. The second-order valence-electron chi connectivity index (χ2n) is 5.51. The molecule has 0 saturated carbocycles. The van der Waals surface area contributed by atoms with E-state index in [2.05, 4.69) is 5.32 Å². The molecule has 0 aliphatic carbocycles. The van der Waals surface area contributed by atoms with Gasteiger partial charge in [-0.15, -0.1) is 0 Å². The number of carbonyl (C=O) groups excluding carboxylic acids is 1. The molecule has 0 spiro atoms. The van der Waals surface area contributed by atoms with Crippen LogP contribution >= 0.6 is 0 Å². The van der Waals surface area contributed by atoms with Gasteiger partial charge in [-0.3, -0.25) is 4.79 Å². The first-order valence-electron chi connectivity index (χ1n) is 7.76. The van der Waals surface area contributed by atoms with Crippen LogP contribution in [0.25, 0.3) is 6.08 Å². The number of hydrogen-bond acceptors (Lipinski definition) is 2. The highest BCUT2D eigenvalue weighted by Gasteiger charge is 2.29. The van der Waals surface area contributed by atoms with Gasteiger partial charge in [0.15, 0.2) is 0 Å². The first kappa shape index (κ1) is 18.6. The summed E-state index contributed by atoms with van der Waals surface area (Å²) in [6, 6.07) is 11.5. The molecular formula is C19H18F3NO2. The number of aromatic hydroxyl groups is 1. The number of benzene rings is 2. The van der Waals surface area contributed by atoms with Crippen molar-refractivity contribution in [3.8, 4) is 5.75 Å². The molecule has 132 valence electrons. The third-order valence-corrected chi connectivity index (χ3v) is 3.54. The number of phenols is 1. The van der Waals surface area contributed by atoms with Crippen LogP contribution in [-0.2, 0) is 17.4 Å². The van der Waals surface area contributed by atoms with Crippen LogP contribution in [0.3, 0.4) is 0 Å². The van der Waals surface area contributed by atoms with E-state index in [1.807, 2.05) is 12.1 Å². The van der Waals surface area contributed by atoms with Crippen molar-refractivity contribution in [3.63, 3.8) is 0 Å². The quantitative estimate of drug-likeness (QED) is 0.607. The maximum atomic E-state index is 12.5. The zero-order valence-electron chi connectivity index (χ0n) is 13.4. The number of nitrogens with one attached hydrogen (secondary N) is 1. The molecule has 0 atom stereocenters. The van der Waals surface area contributed by atoms with Gasteiger partial charge < -0.3 is 10.4 Å². The van der Waals surface area contributed by atoms with Gasteiger partial charge in [0.25, 0.3) is 0 Å². The number of carbonyl (C=O) groups is 1. The van der Waals surface area contributed by atoms with Crippen LogP contribution in [-0.4, -0.2) is 17.6 Å². The summed E-state index contributed by atoms with van der Waals surface area (Å²) in [5, 5.41) is 11.9. The van der Waals surface area contributed by atoms with Gasteiger partial charge in [0, 0.05) is 12.6 Å². The van der Waals surface area contributed by atoms with E-state index in [-0.39, 0.29) is 11.7 Å². The van der Waals surface area contributed by atoms with Gasteiger partial charge in [0.05, 0.1) is 5.56 Å². The number of amides is 1. The number of halogens is 3. The van der Waals surface area contributed by atoms with Crippen molar-refractivity contribution >= 4 is 12.0 Å². The first-order chi connectivity index (χ1) is 11.8. The average molecular weight is 349 g/mol. The van der Waals surface area contributed by atoms with E-state index in [0.717, 1.165) is 30.5 Å². The number of alkyl halides is 3. The Morgan fingerprint density at radius 2 is 1.68 bits per heavy atom. The van der Waals surface area contributed by atoms with E-state index < -0.39 is 11.7 Å². The zero-order chi connectivity index (χ0) is 18.3. The molecule has 0 aliphatic heterocycles. The highest BCUT2D eigenvalue weighted by Crippen LogP contribution is 2.29. The molecule has 0 saturated heterocycles. The third-order valence-electron chi connectivity index (χ3n) is 3.54. The van der Waals surface area contributed by atoms with E-state index in [9.17, 15) is 23.1 Å². The molecule has 0 aliphatic rings. The number of aryl methyl sites for hydroxylation is 1. The Labute approximate surface area is 143 Å². The van der Waals surface area contributed by atoms with Gasteiger partial charge in [-0.05, 0) is 54.3 Å². The summed E-state index contributed by atoms with van der Waals surface area (Å²) < 4.78 is 37.4. The molecule has 0 heterocycles. The molecule has 0 aromatic heterocycles. The van der Waals surface area contributed by atoms with Crippen LogP contribution in [0.15, 0.2) is 54.6 Å². The summed E-state index contributed by atoms with van der Waals surface area (Å²) in [5.41, 5.74) is 0.864. The third kappa shape index (κ3) is 6.33. The molecule has 6 heteroatoms. The molecule has 2 aromatic rings. The van der Waals surface area contributed by atoms with Crippen LogP contribution in [0, 0.1) is 0 Å². The lowest BCUT2D eigenvalue weighted by Gasteiger charge is -2.06. The van der Waals surface area contributed by atoms with Crippen molar-refractivity contribution in [2.45, 2.75) is 19.0 Å². The lowest BCUT2D eigenvalue weighted by molar-refractivity contribution is -0.137. The first-order valence-corrected chi connectivity index (χ1v) is 7.76. The SMILES string of the molecule is O=C(/C=C/c1ccc(C(F)(F)F)cc1)NCCCc1ccc(O)cc1. The van der Waals surface area contributed by atoms with Crippen LogP contribution in [0.5, 0.6) is 5.75 Å². The van der Waals surface area contributed by atoms with Crippen molar-refractivity contribution in [2.24, 2.45) is 0 Å². The van der Waals surface area contributed by atoms with Gasteiger partial charge in [-0.2, -0.15) is 13.2 Å². The molecule has 0 unspecified atom stereocenters. The monoisotopic (exact) mass is 349 g/mol. The Balaban J connectivity index is 1.74. The normalized spacial score (nSPS) is 11.6. The topological polar surface area (TPSA) is 49.3 Å². The van der Waals surface area contributed by atoms with E-state index in [4.69, 9.17) is 0 Å². The fourth-order valence-electron chi connectivity index (χ4n) is 2.18. The molecular weight excluding hydrogens is 331 g/mol. The Morgan fingerprint density at radius 3 is 2.28 bits per heavy atom. The van der Waals surface area contributed by atoms with Gasteiger partial charge in [0.1, 0.15) is 5.75 Å². The molecule has 1 amide bonds. The Hall–Kier alpha value is -2.76. The predicted molar refractivity (Wildman–Crippen MR) is 89.9 cm³/mol. The Morgan fingerprint density at radius 1 is 1.04 bits per heavy atom. The smallest absolute Gasteiger partial charge is 0.416 e. The minimum Gasteiger partial charge on any atom is -0.508 e. The van der Waals surface area contributed by atoms with Gasteiger partial charge in [-0.1, -0.05) is 24.3 Å². The maximum Gasteiger partial charge on any atom is 0.416 e. The van der Waals surface area contributed by atoms with Crippen molar-refractivity contribution in [1.82, 2.24) is 5.32 Å². The molecule has 2 N–H and O–H groups in total. The zero-order valence-corrected chi connectivity index (χ0v) is 13.4. The van der Waals surface area contributed by atoms with Crippen LogP contribution in [0.1, 0.15) is 23.1 Å². The summed E-state index contributed by atoms with van der Waals surface area (Å²) in [4.78, 5) is 11.7. The Kier molecular flexibility index (Phi) is 6.22. The van der Waals surface area contributed by atoms with E-state index >= 15 is 0 Å². The van der Waals surface area contributed by atoms with E-state index in [1.165, 1.54) is 24.3 Å². The van der Waals surface area contributed by atoms with Crippen LogP contribution in [0.2, 0.25) is 0 Å². The minimum atomic E-state index is -4.36. The van der Waals surface area contributed by atoms with Crippen molar-refractivity contribution in [2.75, 3.05) is 6.54 Å². The molecule has 25 heavy (non-hydrogen) atoms. The number of phenolic OH excluding ortho intramolecular Hbond substituents is 1. The standard InChI is InChI=1S/C19H18F3NO2/c20-19(21,22)16-8-3-15(4-9-16)7-12-18(25)23-13-1-2-14-5-10-17(24)11-6-14/h3-12,24H,1-2,13H2,(H,23,25)/b12-7+. The van der Waals surface area contributed by atoms with Crippen molar-refractivity contribution in [1.29, 1.82) is 0 Å². The molecule has 2 aromatic carbocycles. The summed E-state index contributed by atoms with van der Waals surface area (Å²) in [5.74, 6) is -0.0870. The summed E-state index contributed by atoms with van der Waals surface area (Å²) >= 11 is 0. The molecule has 3 nitrogen and oxygen atoms in total. The number of hydrogen-bond donors (Lipinski definition) is 2. The highest BCUT2D eigenvalue weighted by molar-refractivity contribution is 5.91. The predicted octanol–water partition coefficient (Wildman–Crippen LogP) is 4.17. The summed E-state index contributed by atoms with van der Waals surface area (Å²) in [6.07, 6.45) is -0.0937. The average Bonchev–Trinajstić information content (AvgIpc) is 2.58. The number of rotatable bonds is 6. The molecule has 2 rings (SSSR count). The highest BCUT2D eigenvalue weighted by atomic mass is 19.4. The molecule has 0 radical (unpaired) electrons. The fraction of sp³-hybridized carbons (Fsp3) is 0.211. The van der Waals surface area contributed by atoms with Gasteiger partial charge >= 0.3 is 6.18 Å². The van der Waals surface area contributed by atoms with E-state index in [0.29, 0.717) is 12.1 Å². The lowest BCUT2D eigenvalue weighted by Crippen LogP contribution is -2.22. The Bertz CT molecular complexity index is 720. The second-order valence-corrected chi connectivity index (χ2v) is 5.51. The fourth-order valence-corrected chi connectivity index (χ4v) is 2.18. The second kappa shape index (κ2) is 8.37. The maximum absolute atomic E-state index is 12.5. The van der Waals surface area contributed by atoms with Crippen LogP contribution in [0.4, 0.5) is 13.2 Å². The van der Waals surface area contributed by atoms with Crippen molar-refractivity contribution in [3.05, 3.63) is 71.3 Å². The minimum absolute atomic E-state index is 0.213.